The molecular weight excluding hydrogens is 270 g/mol. The smallest absolute Gasteiger partial charge is 0.339 e. The molecule has 7 nitrogen and oxygen atoms in total. The number of aromatic nitrogens is 2. The highest BCUT2D eigenvalue weighted by Gasteiger charge is 2.30. The molecule has 1 aliphatic heterocycles. The van der Waals surface area contributed by atoms with Gasteiger partial charge in [0.2, 0.25) is 0 Å². The van der Waals surface area contributed by atoms with Gasteiger partial charge >= 0.3 is 5.97 Å². The van der Waals surface area contributed by atoms with E-state index in [0.29, 0.717) is 25.1 Å². The normalized spacial score (nSPS) is 21.4. The third-order valence-corrected chi connectivity index (χ3v) is 5.43. The molecule has 0 saturated carbocycles. The van der Waals surface area contributed by atoms with Crippen LogP contribution in [0.4, 0.5) is 0 Å². The predicted molar refractivity (Wildman–Crippen MR) is 67.5 cm³/mol. The molecule has 2 N–H and O–H groups in total. The van der Waals surface area contributed by atoms with Gasteiger partial charge in [0.1, 0.15) is 11.9 Å². The topological polar surface area (TPSA) is 109 Å². The van der Waals surface area contributed by atoms with E-state index < -0.39 is 15.8 Å². The van der Waals surface area contributed by atoms with Gasteiger partial charge < -0.3 is 10.4 Å². The molecule has 104 valence electrons. The summed E-state index contributed by atoms with van der Waals surface area (Å²) >= 11 is 0. The first-order chi connectivity index (χ1) is 9.00. The molecule has 0 aliphatic carbocycles. The van der Waals surface area contributed by atoms with Gasteiger partial charge in [-0.25, -0.2) is 23.2 Å². The molecule has 2 rings (SSSR count). The lowest BCUT2D eigenvalue weighted by Crippen LogP contribution is -2.30. The van der Waals surface area contributed by atoms with Gasteiger partial charge in [-0.2, -0.15) is 0 Å². The molecule has 1 unspecified atom stereocenters. The van der Waals surface area contributed by atoms with Crippen molar-refractivity contribution in [1.29, 1.82) is 0 Å². The Hall–Kier alpha value is -1.54. The van der Waals surface area contributed by atoms with Gasteiger partial charge in [0.05, 0.1) is 16.7 Å². The quantitative estimate of drug-likeness (QED) is 0.773. The van der Waals surface area contributed by atoms with Crippen LogP contribution >= 0.6 is 0 Å². The molecule has 0 bridgehead atoms. The number of carboxylic acid groups (broad SMARTS) is 1. The highest BCUT2D eigenvalue weighted by Crippen LogP contribution is 2.19. The molecule has 0 amide bonds. The van der Waals surface area contributed by atoms with Crippen LogP contribution in [0.1, 0.15) is 28.9 Å². The Bertz CT molecular complexity index is 573. The molecule has 8 heteroatoms. The Morgan fingerprint density at radius 3 is 2.95 bits per heavy atom. The average molecular weight is 285 g/mol. The largest absolute Gasteiger partial charge is 0.478 e. The van der Waals surface area contributed by atoms with Crippen LogP contribution < -0.4 is 5.32 Å². The summed E-state index contributed by atoms with van der Waals surface area (Å²) in [4.78, 5) is 18.5. The van der Waals surface area contributed by atoms with Crippen LogP contribution in [0.15, 0.2) is 12.5 Å². The second-order valence-corrected chi connectivity index (χ2v) is 6.85. The first-order valence-corrected chi connectivity index (χ1v) is 7.66. The maximum absolute atomic E-state index is 11.6. The summed E-state index contributed by atoms with van der Waals surface area (Å²) in [6.07, 6.45) is 3.86. The Kier molecular flexibility index (Phi) is 4.11. The molecule has 1 aliphatic rings. The number of nitrogens with one attached hydrogen (secondary N) is 1. The van der Waals surface area contributed by atoms with E-state index in [1.807, 2.05) is 0 Å². The predicted octanol–water partition coefficient (Wildman–Crippen LogP) is -0.158. The van der Waals surface area contributed by atoms with Crippen molar-refractivity contribution >= 4 is 15.8 Å². The van der Waals surface area contributed by atoms with E-state index in [1.165, 1.54) is 12.5 Å². The van der Waals surface area contributed by atoms with Crippen LogP contribution in [-0.2, 0) is 16.4 Å². The van der Waals surface area contributed by atoms with Gasteiger partial charge in [0.15, 0.2) is 9.84 Å². The van der Waals surface area contributed by atoms with Crippen LogP contribution in [0.2, 0.25) is 0 Å². The number of carbonyl (C=O) groups is 1. The molecule has 1 saturated heterocycles. The van der Waals surface area contributed by atoms with Crippen LogP contribution in [0.5, 0.6) is 0 Å². The Morgan fingerprint density at radius 2 is 2.32 bits per heavy atom. The van der Waals surface area contributed by atoms with Gasteiger partial charge in [-0.3, -0.25) is 0 Å². The van der Waals surface area contributed by atoms with Crippen molar-refractivity contribution in [2.45, 2.75) is 24.6 Å². The summed E-state index contributed by atoms with van der Waals surface area (Å²) in [6, 6.07) is 0. The Morgan fingerprint density at radius 1 is 1.53 bits per heavy atom. The third-order valence-electron chi connectivity index (χ3n) is 3.15. The minimum atomic E-state index is -2.98. The molecule has 1 fully saturated rings. The highest BCUT2D eigenvalue weighted by molar-refractivity contribution is 7.92. The zero-order valence-electron chi connectivity index (χ0n) is 10.2. The first kappa shape index (κ1) is 13.9. The summed E-state index contributed by atoms with van der Waals surface area (Å²) in [6.45, 7) is 0.543. The van der Waals surface area contributed by atoms with Crippen LogP contribution in [0.25, 0.3) is 0 Å². The fraction of sp³-hybridized carbons (Fsp3) is 0.545. The van der Waals surface area contributed by atoms with Crippen molar-refractivity contribution in [2.75, 3.05) is 12.3 Å². The van der Waals surface area contributed by atoms with E-state index in [0.717, 1.165) is 0 Å². The third kappa shape index (κ3) is 3.27. The van der Waals surface area contributed by atoms with Gasteiger partial charge in [0, 0.05) is 19.3 Å². The Balaban J connectivity index is 1.95. The summed E-state index contributed by atoms with van der Waals surface area (Å²) in [7, 11) is -2.98. The van der Waals surface area contributed by atoms with Gasteiger partial charge in [-0.1, -0.05) is 0 Å². The minimum absolute atomic E-state index is 0.0317. The molecule has 0 spiro atoms. The number of hydrogen-bond acceptors (Lipinski definition) is 6. The van der Waals surface area contributed by atoms with Crippen LogP contribution in [0.3, 0.4) is 0 Å². The van der Waals surface area contributed by atoms with E-state index in [-0.39, 0.29) is 23.1 Å². The number of sulfone groups is 1. The summed E-state index contributed by atoms with van der Waals surface area (Å²) in [5.74, 6) is -0.848. The van der Waals surface area contributed by atoms with Gasteiger partial charge in [-0.05, 0) is 12.8 Å². The molecule has 0 aromatic carbocycles. The fourth-order valence-electron chi connectivity index (χ4n) is 2.11. The zero-order chi connectivity index (χ0) is 13.9. The van der Waals surface area contributed by atoms with Crippen molar-refractivity contribution in [3.8, 4) is 0 Å². The van der Waals surface area contributed by atoms with E-state index in [1.54, 1.807) is 0 Å². The summed E-state index contributed by atoms with van der Waals surface area (Å²) < 4.78 is 23.2. The van der Waals surface area contributed by atoms with Crippen molar-refractivity contribution in [3.05, 3.63) is 23.8 Å². The highest BCUT2D eigenvalue weighted by atomic mass is 32.2. The van der Waals surface area contributed by atoms with Crippen molar-refractivity contribution in [3.63, 3.8) is 0 Å². The van der Waals surface area contributed by atoms with Crippen LogP contribution in [-0.4, -0.2) is 47.0 Å². The van der Waals surface area contributed by atoms with Crippen LogP contribution in [0, 0.1) is 0 Å². The second kappa shape index (κ2) is 5.62. The van der Waals surface area contributed by atoms with E-state index in [2.05, 4.69) is 15.3 Å². The molecule has 1 aromatic rings. The van der Waals surface area contributed by atoms with E-state index >= 15 is 0 Å². The minimum Gasteiger partial charge on any atom is -0.478 e. The Labute approximate surface area is 111 Å². The summed E-state index contributed by atoms with van der Waals surface area (Å²) in [5, 5.41) is 11.5. The van der Waals surface area contributed by atoms with Crippen molar-refractivity contribution in [2.24, 2.45) is 0 Å². The molecule has 2 heterocycles. The zero-order valence-corrected chi connectivity index (χ0v) is 11.1. The number of rotatable bonds is 5. The molecule has 19 heavy (non-hydrogen) atoms. The van der Waals surface area contributed by atoms with Crippen molar-refractivity contribution in [1.82, 2.24) is 15.3 Å². The molecule has 0 radical (unpaired) electrons. The second-order valence-electron chi connectivity index (χ2n) is 4.45. The SMILES string of the molecule is O=C(O)c1cncnc1CNCC1CCCS1(=O)=O. The fourth-order valence-corrected chi connectivity index (χ4v) is 3.91. The lowest BCUT2D eigenvalue weighted by Gasteiger charge is -2.11. The standard InChI is InChI=1S/C11H15N3O4S/c15-11(16)9-5-13-7-14-10(9)6-12-4-8-2-1-3-19(8,17)18/h5,7-8,12H,1-4,6H2,(H,15,16). The number of carboxylic acids is 1. The average Bonchev–Trinajstić information content (AvgIpc) is 2.69. The monoisotopic (exact) mass is 285 g/mol. The lowest BCUT2D eigenvalue weighted by molar-refractivity contribution is 0.0694. The molecule has 1 aromatic heterocycles. The lowest BCUT2D eigenvalue weighted by atomic mass is 10.2. The number of hydrogen-bond donors (Lipinski definition) is 2. The summed E-state index contributed by atoms with van der Waals surface area (Å²) in [5.41, 5.74) is 0.391. The van der Waals surface area contributed by atoms with E-state index in [9.17, 15) is 13.2 Å². The van der Waals surface area contributed by atoms with Crippen molar-refractivity contribution < 1.29 is 18.3 Å². The van der Waals surface area contributed by atoms with Gasteiger partial charge in [0.25, 0.3) is 0 Å². The van der Waals surface area contributed by atoms with Gasteiger partial charge in [-0.15, -0.1) is 0 Å². The maximum atomic E-state index is 11.6. The number of nitrogens with zero attached hydrogens (tertiary/aromatic N) is 2. The maximum Gasteiger partial charge on any atom is 0.339 e. The molecule has 1 atom stereocenters. The number of aromatic carboxylic acids is 1. The first-order valence-electron chi connectivity index (χ1n) is 5.95. The van der Waals surface area contributed by atoms with E-state index in [4.69, 9.17) is 5.11 Å². The molecular formula is C11H15N3O4S.